The highest BCUT2D eigenvalue weighted by Gasteiger charge is 2.20. The molecule has 2 N–H and O–H groups in total. The van der Waals surface area contributed by atoms with Crippen molar-refractivity contribution >= 4 is 11.8 Å². The van der Waals surface area contributed by atoms with Crippen LogP contribution in [0.15, 0.2) is 30.3 Å². The van der Waals surface area contributed by atoms with E-state index in [9.17, 15) is 9.59 Å². The number of esters is 1. The fourth-order valence-electron chi connectivity index (χ4n) is 1.79. The molecule has 0 heterocycles. The molecule has 0 bridgehead atoms. The maximum atomic E-state index is 11.8. The van der Waals surface area contributed by atoms with Crippen LogP contribution < -0.4 is 5.73 Å². The zero-order chi connectivity index (χ0) is 15.0. The average Bonchev–Trinajstić information content (AvgIpc) is 2.49. The van der Waals surface area contributed by atoms with E-state index in [1.165, 1.54) is 0 Å². The Bertz CT molecular complexity index is 431. The smallest absolute Gasteiger partial charge is 0.306 e. The summed E-state index contributed by atoms with van der Waals surface area (Å²) in [7, 11) is 0. The Morgan fingerprint density at radius 3 is 2.50 bits per heavy atom. The van der Waals surface area contributed by atoms with E-state index in [0.29, 0.717) is 6.42 Å². The second-order valence-corrected chi connectivity index (χ2v) is 5.00. The van der Waals surface area contributed by atoms with Gasteiger partial charge in [-0.1, -0.05) is 44.2 Å². The second-order valence-electron chi connectivity index (χ2n) is 5.00. The van der Waals surface area contributed by atoms with E-state index in [1.54, 1.807) is 0 Å². The van der Waals surface area contributed by atoms with Gasteiger partial charge in [-0.05, 0) is 18.4 Å². The molecule has 4 nitrogen and oxygen atoms in total. The number of Topliss-reactive ketones (excluding diaryl/α,β-unsaturated/α-hetero) is 1. The summed E-state index contributed by atoms with van der Waals surface area (Å²) in [6.45, 7) is 4.06. The van der Waals surface area contributed by atoms with Gasteiger partial charge in [0, 0.05) is 12.3 Å². The topological polar surface area (TPSA) is 69.4 Å². The van der Waals surface area contributed by atoms with Crippen LogP contribution in [0.5, 0.6) is 0 Å². The molecule has 0 amide bonds. The summed E-state index contributed by atoms with van der Waals surface area (Å²) in [5.41, 5.74) is 6.74. The number of nitrogens with two attached hydrogens (primary N) is 1. The summed E-state index contributed by atoms with van der Waals surface area (Å²) in [5, 5.41) is 0. The van der Waals surface area contributed by atoms with Crippen molar-refractivity contribution in [2.24, 2.45) is 11.7 Å². The molecule has 0 aliphatic heterocycles. The van der Waals surface area contributed by atoms with Crippen LogP contribution >= 0.6 is 0 Å². The van der Waals surface area contributed by atoms with Gasteiger partial charge < -0.3 is 10.5 Å². The van der Waals surface area contributed by atoms with Gasteiger partial charge in [0.05, 0.1) is 6.04 Å². The normalized spacial score (nSPS) is 13.6. The van der Waals surface area contributed by atoms with Gasteiger partial charge in [0.1, 0.15) is 6.61 Å². The Kier molecular flexibility index (Phi) is 6.94. The van der Waals surface area contributed by atoms with E-state index >= 15 is 0 Å². The van der Waals surface area contributed by atoms with Crippen LogP contribution in [0.1, 0.15) is 38.7 Å². The Balaban J connectivity index is 2.28. The van der Waals surface area contributed by atoms with Crippen molar-refractivity contribution in [2.75, 3.05) is 0 Å². The molecule has 4 heteroatoms. The molecule has 1 aromatic rings. The molecule has 0 aliphatic rings. The number of benzene rings is 1. The lowest BCUT2D eigenvalue weighted by molar-refractivity contribution is -0.145. The predicted octanol–water partition coefficient (Wildman–Crippen LogP) is 2.45. The molecule has 0 aromatic heterocycles. The van der Waals surface area contributed by atoms with Crippen LogP contribution in [0.3, 0.4) is 0 Å². The lowest BCUT2D eigenvalue weighted by Gasteiger charge is -2.14. The van der Waals surface area contributed by atoms with Gasteiger partial charge in [-0.15, -0.1) is 0 Å². The van der Waals surface area contributed by atoms with Crippen LogP contribution in [0.2, 0.25) is 0 Å². The average molecular weight is 277 g/mol. The van der Waals surface area contributed by atoms with E-state index in [1.807, 2.05) is 44.2 Å². The first kappa shape index (κ1) is 16.4. The third-order valence-corrected chi connectivity index (χ3v) is 3.37. The van der Waals surface area contributed by atoms with Gasteiger partial charge in [-0.25, -0.2) is 0 Å². The number of carbonyl (C=O) groups excluding carboxylic acids is 2. The first-order valence-electron chi connectivity index (χ1n) is 7.03. The Morgan fingerprint density at radius 2 is 1.90 bits per heavy atom. The highest BCUT2D eigenvalue weighted by molar-refractivity contribution is 5.86. The molecular formula is C16H23NO3. The fourth-order valence-corrected chi connectivity index (χ4v) is 1.79. The van der Waals surface area contributed by atoms with Gasteiger partial charge in [0.15, 0.2) is 5.78 Å². The number of hydrogen-bond acceptors (Lipinski definition) is 4. The summed E-state index contributed by atoms with van der Waals surface area (Å²) < 4.78 is 5.14. The summed E-state index contributed by atoms with van der Waals surface area (Å²) in [6, 6.07) is 8.91. The maximum absolute atomic E-state index is 11.8. The van der Waals surface area contributed by atoms with E-state index in [0.717, 1.165) is 12.0 Å². The third kappa shape index (κ3) is 5.53. The number of hydrogen-bond donors (Lipinski definition) is 1. The minimum absolute atomic E-state index is 0.0170. The predicted molar refractivity (Wildman–Crippen MR) is 77.9 cm³/mol. The molecule has 2 atom stereocenters. The molecule has 0 radical (unpaired) electrons. The van der Waals surface area contributed by atoms with Gasteiger partial charge in [0.2, 0.25) is 0 Å². The van der Waals surface area contributed by atoms with Crippen molar-refractivity contribution < 1.29 is 14.3 Å². The van der Waals surface area contributed by atoms with Crippen molar-refractivity contribution in [3.63, 3.8) is 0 Å². The van der Waals surface area contributed by atoms with E-state index in [4.69, 9.17) is 10.5 Å². The molecule has 1 aromatic carbocycles. The summed E-state index contributed by atoms with van der Waals surface area (Å²) in [4.78, 5) is 23.4. The van der Waals surface area contributed by atoms with Crippen molar-refractivity contribution in [3.8, 4) is 0 Å². The lowest BCUT2D eigenvalue weighted by Crippen LogP contribution is -2.35. The molecular weight excluding hydrogens is 254 g/mol. The molecule has 0 spiro atoms. The second kappa shape index (κ2) is 8.48. The summed E-state index contributed by atoms with van der Waals surface area (Å²) in [6.07, 6.45) is 1.29. The quantitative estimate of drug-likeness (QED) is 0.741. The fraction of sp³-hybridized carbons (Fsp3) is 0.500. The SMILES string of the molecule is CCC(C)C(=O)[C@@H](N)CCC(=O)OCc1ccccc1. The molecule has 0 aliphatic carbocycles. The van der Waals surface area contributed by atoms with Crippen LogP contribution in [-0.4, -0.2) is 17.8 Å². The van der Waals surface area contributed by atoms with Gasteiger partial charge >= 0.3 is 5.97 Å². The van der Waals surface area contributed by atoms with Crippen molar-refractivity contribution in [2.45, 2.75) is 45.8 Å². The minimum Gasteiger partial charge on any atom is -0.461 e. The zero-order valence-corrected chi connectivity index (χ0v) is 12.2. The molecule has 1 rings (SSSR count). The standard InChI is InChI=1S/C16H23NO3/c1-3-12(2)16(19)14(17)9-10-15(18)20-11-13-7-5-4-6-8-13/h4-8,12,14H,3,9-11,17H2,1-2H3/t12?,14-/m0/s1. The Morgan fingerprint density at radius 1 is 1.25 bits per heavy atom. The highest BCUT2D eigenvalue weighted by Crippen LogP contribution is 2.09. The molecule has 20 heavy (non-hydrogen) atoms. The van der Waals surface area contributed by atoms with Crippen molar-refractivity contribution in [1.29, 1.82) is 0 Å². The van der Waals surface area contributed by atoms with Gasteiger partial charge in [0.25, 0.3) is 0 Å². The maximum Gasteiger partial charge on any atom is 0.306 e. The third-order valence-electron chi connectivity index (χ3n) is 3.37. The number of carbonyl (C=O) groups is 2. The molecule has 0 fully saturated rings. The van der Waals surface area contributed by atoms with Crippen molar-refractivity contribution in [1.82, 2.24) is 0 Å². The molecule has 0 saturated carbocycles. The number of ketones is 1. The van der Waals surface area contributed by atoms with Crippen LogP contribution in [0, 0.1) is 5.92 Å². The zero-order valence-electron chi connectivity index (χ0n) is 12.2. The summed E-state index contributed by atoms with van der Waals surface area (Å²) >= 11 is 0. The minimum atomic E-state index is -0.575. The van der Waals surface area contributed by atoms with Gasteiger partial charge in [-0.3, -0.25) is 9.59 Å². The largest absolute Gasteiger partial charge is 0.461 e. The van der Waals surface area contributed by atoms with Crippen molar-refractivity contribution in [3.05, 3.63) is 35.9 Å². The van der Waals surface area contributed by atoms with Crippen LogP contribution in [-0.2, 0) is 20.9 Å². The molecule has 0 saturated heterocycles. The summed E-state index contributed by atoms with van der Waals surface area (Å²) in [5.74, 6) is -0.352. The monoisotopic (exact) mass is 277 g/mol. The van der Waals surface area contributed by atoms with Crippen LogP contribution in [0.25, 0.3) is 0 Å². The Labute approximate surface area is 120 Å². The first-order chi connectivity index (χ1) is 9.54. The van der Waals surface area contributed by atoms with E-state index in [2.05, 4.69) is 0 Å². The Hall–Kier alpha value is -1.68. The van der Waals surface area contributed by atoms with Gasteiger partial charge in [-0.2, -0.15) is 0 Å². The first-order valence-corrected chi connectivity index (χ1v) is 7.03. The molecule has 1 unspecified atom stereocenters. The highest BCUT2D eigenvalue weighted by atomic mass is 16.5. The van der Waals surface area contributed by atoms with E-state index < -0.39 is 6.04 Å². The lowest BCUT2D eigenvalue weighted by atomic mass is 9.95. The molecule has 110 valence electrons. The number of ether oxygens (including phenoxy) is 1. The van der Waals surface area contributed by atoms with Crippen LogP contribution in [0.4, 0.5) is 0 Å². The number of rotatable bonds is 8. The van der Waals surface area contributed by atoms with E-state index in [-0.39, 0.29) is 30.7 Å².